The van der Waals surface area contributed by atoms with Crippen molar-refractivity contribution in [3.63, 3.8) is 0 Å². The van der Waals surface area contributed by atoms with E-state index < -0.39 is 11.6 Å². The van der Waals surface area contributed by atoms with E-state index in [0.717, 1.165) is 0 Å². The van der Waals surface area contributed by atoms with Crippen LogP contribution < -0.4 is 4.74 Å². The van der Waals surface area contributed by atoms with Crippen molar-refractivity contribution >= 4 is 11.6 Å². The molecule has 0 N–H and O–H groups in total. The monoisotopic (exact) mass is 304 g/mol. The molecule has 0 saturated carbocycles. The fourth-order valence-electron chi connectivity index (χ4n) is 2.15. The normalized spacial score (nSPS) is 14.2. The molecule has 20 heavy (non-hydrogen) atoms. The molecule has 1 aromatic rings. The lowest BCUT2D eigenvalue weighted by atomic mass is 9.99. The standard InChI is InChI=1S/C15H22ClFO3/c1-6-10-13(17)12(16)9-11(14(10)19-7-2)15(4,18-5)20-8-3/h9H,6-8H2,1-5H3. The molecule has 0 aliphatic rings. The van der Waals surface area contributed by atoms with E-state index in [4.69, 9.17) is 25.8 Å². The summed E-state index contributed by atoms with van der Waals surface area (Å²) in [5.74, 6) is -1.02. The molecule has 0 bridgehead atoms. The average molecular weight is 305 g/mol. The Morgan fingerprint density at radius 2 is 1.90 bits per heavy atom. The maximum absolute atomic E-state index is 14.2. The Morgan fingerprint density at radius 3 is 2.35 bits per heavy atom. The summed E-state index contributed by atoms with van der Waals surface area (Å²) in [5, 5.41) is 0.0447. The van der Waals surface area contributed by atoms with Gasteiger partial charge in [-0.3, -0.25) is 0 Å². The largest absolute Gasteiger partial charge is 0.493 e. The number of rotatable bonds is 7. The molecule has 0 aromatic heterocycles. The maximum atomic E-state index is 14.2. The third-order valence-corrected chi connectivity index (χ3v) is 3.48. The fourth-order valence-corrected chi connectivity index (χ4v) is 2.37. The topological polar surface area (TPSA) is 27.7 Å². The van der Waals surface area contributed by atoms with E-state index >= 15 is 0 Å². The van der Waals surface area contributed by atoms with Crippen LogP contribution in [-0.2, 0) is 21.7 Å². The highest BCUT2D eigenvalue weighted by molar-refractivity contribution is 6.31. The lowest BCUT2D eigenvalue weighted by Gasteiger charge is -2.31. The van der Waals surface area contributed by atoms with Crippen LogP contribution in [0, 0.1) is 5.82 Å². The van der Waals surface area contributed by atoms with E-state index in [0.29, 0.717) is 36.5 Å². The van der Waals surface area contributed by atoms with Crippen molar-refractivity contribution in [2.24, 2.45) is 0 Å². The molecule has 3 nitrogen and oxygen atoms in total. The third-order valence-electron chi connectivity index (χ3n) is 3.21. The predicted molar refractivity (Wildman–Crippen MR) is 77.9 cm³/mol. The van der Waals surface area contributed by atoms with Gasteiger partial charge in [-0.1, -0.05) is 18.5 Å². The van der Waals surface area contributed by atoms with Gasteiger partial charge in [0, 0.05) is 19.3 Å². The number of hydrogen-bond donors (Lipinski definition) is 0. The minimum Gasteiger partial charge on any atom is -0.493 e. The Bertz CT molecular complexity index is 465. The zero-order valence-electron chi connectivity index (χ0n) is 12.7. The van der Waals surface area contributed by atoms with Gasteiger partial charge in [0.1, 0.15) is 11.6 Å². The minimum absolute atomic E-state index is 0.0447. The van der Waals surface area contributed by atoms with Gasteiger partial charge < -0.3 is 14.2 Å². The molecule has 0 spiro atoms. The number of halogens is 2. The average Bonchev–Trinajstić information content (AvgIpc) is 2.43. The van der Waals surface area contributed by atoms with Crippen LogP contribution in [0.25, 0.3) is 0 Å². The summed E-state index contributed by atoms with van der Waals surface area (Å²) >= 11 is 5.99. The van der Waals surface area contributed by atoms with E-state index in [2.05, 4.69) is 0 Å². The first-order chi connectivity index (χ1) is 9.45. The van der Waals surface area contributed by atoms with Crippen LogP contribution >= 0.6 is 11.6 Å². The molecule has 0 amide bonds. The lowest BCUT2D eigenvalue weighted by molar-refractivity contribution is -0.217. The zero-order valence-corrected chi connectivity index (χ0v) is 13.4. The first-order valence-electron chi connectivity index (χ1n) is 6.78. The summed E-state index contributed by atoms with van der Waals surface area (Å²) in [5.41, 5.74) is 1.05. The van der Waals surface area contributed by atoms with Gasteiger partial charge in [0.15, 0.2) is 5.79 Å². The second-order valence-electron chi connectivity index (χ2n) is 4.40. The number of methoxy groups -OCH3 is 1. The first kappa shape index (κ1) is 17.2. The molecule has 1 atom stereocenters. The predicted octanol–water partition coefficient (Wildman–Crippen LogP) is 4.30. The highest BCUT2D eigenvalue weighted by Crippen LogP contribution is 2.40. The number of ether oxygens (including phenoxy) is 3. The van der Waals surface area contributed by atoms with Gasteiger partial charge in [-0.2, -0.15) is 0 Å². The molecule has 5 heteroatoms. The summed E-state index contributed by atoms with van der Waals surface area (Å²) in [7, 11) is 1.54. The Morgan fingerprint density at radius 1 is 1.25 bits per heavy atom. The first-order valence-corrected chi connectivity index (χ1v) is 7.16. The molecule has 1 rings (SSSR count). The van der Waals surface area contributed by atoms with Crippen LogP contribution in [0.2, 0.25) is 5.02 Å². The van der Waals surface area contributed by atoms with Gasteiger partial charge in [-0.25, -0.2) is 4.39 Å². The van der Waals surface area contributed by atoms with E-state index in [-0.39, 0.29) is 5.02 Å². The second-order valence-corrected chi connectivity index (χ2v) is 4.80. The van der Waals surface area contributed by atoms with E-state index in [1.165, 1.54) is 13.2 Å². The zero-order chi connectivity index (χ0) is 15.3. The molecule has 0 radical (unpaired) electrons. The molecule has 0 aliphatic heterocycles. The Kier molecular flexibility index (Phi) is 6.24. The minimum atomic E-state index is -1.03. The van der Waals surface area contributed by atoms with Gasteiger partial charge in [0.25, 0.3) is 0 Å². The van der Waals surface area contributed by atoms with Gasteiger partial charge >= 0.3 is 0 Å². The summed E-state index contributed by atoms with van der Waals surface area (Å²) in [6.07, 6.45) is 0.473. The molecule has 1 aromatic carbocycles. The Labute approximate surface area is 125 Å². The van der Waals surface area contributed by atoms with Crippen molar-refractivity contribution in [3.05, 3.63) is 28.0 Å². The lowest BCUT2D eigenvalue weighted by Crippen LogP contribution is -2.29. The molecule has 0 saturated heterocycles. The van der Waals surface area contributed by atoms with Crippen LogP contribution in [0.3, 0.4) is 0 Å². The SMILES string of the molecule is CCOc1c(C(C)(OC)OCC)cc(Cl)c(F)c1CC. The van der Waals surface area contributed by atoms with Crippen molar-refractivity contribution < 1.29 is 18.6 Å². The quantitative estimate of drug-likeness (QED) is 0.703. The van der Waals surface area contributed by atoms with Crippen molar-refractivity contribution in [1.82, 2.24) is 0 Å². The Hall–Kier alpha value is -0.840. The summed E-state index contributed by atoms with van der Waals surface area (Å²) in [6, 6.07) is 1.51. The second kappa shape index (κ2) is 7.25. The van der Waals surface area contributed by atoms with Gasteiger partial charge in [0.05, 0.1) is 17.2 Å². The van der Waals surface area contributed by atoms with Crippen LogP contribution in [0.15, 0.2) is 6.07 Å². The number of benzene rings is 1. The molecule has 114 valence electrons. The molecule has 1 unspecified atom stereocenters. The van der Waals surface area contributed by atoms with Gasteiger partial charge in [-0.15, -0.1) is 0 Å². The summed E-state index contributed by atoms with van der Waals surface area (Å²) < 4.78 is 30.9. The van der Waals surface area contributed by atoms with Gasteiger partial charge in [0.2, 0.25) is 0 Å². The summed E-state index contributed by atoms with van der Waals surface area (Å²) in [4.78, 5) is 0. The molecule has 0 aliphatic carbocycles. The third kappa shape index (κ3) is 3.25. The van der Waals surface area contributed by atoms with Crippen LogP contribution in [-0.4, -0.2) is 20.3 Å². The highest BCUT2D eigenvalue weighted by atomic mass is 35.5. The van der Waals surface area contributed by atoms with Crippen molar-refractivity contribution in [2.75, 3.05) is 20.3 Å². The van der Waals surface area contributed by atoms with Gasteiger partial charge in [-0.05, 0) is 33.3 Å². The molecular weight excluding hydrogens is 283 g/mol. The van der Waals surface area contributed by atoms with Crippen molar-refractivity contribution in [3.8, 4) is 5.75 Å². The Balaban J connectivity index is 3.54. The van der Waals surface area contributed by atoms with Crippen LogP contribution in [0.5, 0.6) is 5.75 Å². The smallest absolute Gasteiger partial charge is 0.195 e. The fraction of sp³-hybridized carbons (Fsp3) is 0.600. The molecular formula is C15H22ClFO3. The van der Waals surface area contributed by atoms with Crippen LogP contribution in [0.1, 0.15) is 38.8 Å². The van der Waals surface area contributed by atoms with E-state index in [9.17, 15) is 4.39 Å². The summed E-state index contributed by atoms with van der Waals surface area (Å²) in [6.45, 7) is 8.21. The molecule has 0 heterocycles. The molecule has 0 fully saturated rings. The van der Waals surface area contributed by atoms with Crippen molar-refractivity contribution in [2.45, 2.75) is 39.9 Å². The van der Waals surface area contributed by atoms with E-state index in [1.807, 2.05) is 20.8 Å². The van der Waals surface area contributed by atoms with E-state index in [1.54, 1.807) is 6.92 Å². The maximum Gasteiger partial charge on any atom is 0.195 e. The van der Waals surface area contributed by atoms with Crippen molar-refractivity contribution in [1.29, 1.82) is 0 Å². The van der Waals surface area contributed by atoms with Crippen LogP contribution in [0.4, 0.5) is 4.39 Å². The number of hydrogen-bond acceptors (Lipinski definition) is 3. The highest BCUT2D eigenvalue weighted by Gasteiger charge is 2.33.